The summed E-state index contributed by atoms with van der Waals surface area (Å²) in [6.07, 6.45) is 3.95. The van der Waals surface area contributed by atoms with Gasteiger partial charge in [0.25, 0.3) is 11.5 Å². The summed E-state index contributed by atoms with van der Waals surface area (Å²) in [6, 6.07) is 1.77. The van der Waals surface area contributed by atoms with Gasteiger partial charge in [-0.3, -0.25) is 19.1 Å². The van der Waals surface area contributed by atoms with E-state index in [9.17, 15) is 14.4 Å². The number of amides is 1. The number of hydrogen-bond acceptors (Lipinski definition) is 5. The molecule has 8 heteroatoms. The summed E-state index contributed by atoms with van der Waals surface area (Å²) >= 11 is 0. The molecule has 0 aromatic carbocycles. The molecule has 0 radical (unpaired) electrons. The highest BCUT2D eigenvalue weighted by molar-refractivity contribution is 6.05. The first kappa shape index (κ1) is 17.0. The first-order valence-corrected chi connectivity index (χ1v) is 9.27. The van der Waals surface area contributed by atoms with Crippen molar-refractivity contribution in [1.29, 1.82) is 0 Å². The topological polar surface area (TPSA) is 109 Å². The molecule has 1 saturated heterocycles. The number of aromatic nitrogens is 3. The van der Waals surface area contributed by atoms with E-state index >= 15 is 0 Å². The minimum Gasteiger partial charge on any atom is -0.348 e. The van der Waals surface area contributed by atoms with Crippen molar-refractivity contribution >= 4 is 16.9 Å². The van der Waals surface area contributed by atoms with E-state index in [4.69, 9.17) is 0 Å². The Morgan fingerprint density at radius 3 is 2.81 bits per heavy atom. The van der Waals surface area contributed by atoms with Crippen molar-refractivity contribution < 1.29 is 4.79 Å². The van der Waals surface area contributed by atoms with E-state index < -0.39 is 11.2 Å². The van der Waals surface area contributed by atoms with Crippen LogP contribution in [0.15, 0.2) is 15.7 Å². The molecule has 2 aliphatic rings. The van der Waals surface area contributed by atoms with Crippen molar-refractivity contribution in [2.45, 2.75) is 51.1 Å². The average Bonchev–Trinajstić information content (AvgIpc) is 3.47. The zero-order valence-electron chi connectivity index (χ0n) is 14.8. The molecule has 3 heterocycles. The van der Waals surface area contributed by atoms with Gasteiger partial charge in [0.2, 0.25) is 0 Å². The summed E-state index contributed by atoms with van der Waals surface area (Å²) in [5.41, 5.74) is 0.352. The van der Waals surface area contributed by atoms with Gasteiger partial charge in [-0.15, -0.1) is 0 Å². The third kappa shape index (κ3) is 3.05. The van der Waals surface area contributed by atoms with Crippen LogP contribution in [0.3, 0.4) is 0 Å². The predicted octanol–water partition coefficient (Wildman–Crippen LogP) is 0.464. The normalized spacial score (nSPS) is 20.3. The van der Waals surface area contributed by atoms with Crippen molar-refractivity contribution in [3.8, 4) is 0 Å². The first-order valence-electron chi connectivity index (χ1n) is 9.27. The van der Waals surface area contributed by atoms with E-state index in [0.29, 0.717) is 23.7 Å². The third-order valence-corrected chi connectivity index (χ3v) is 5.16. The van der Waals surface area contributed by atoms with Gasteiger partial charge in [0.05, 0.1) is 10.9 Å². The second-order valence-corrected chi connectivity index (χ2v) is 7.09. The molecule has 1 amide bonds. The minimum atomic E-state index is -0.559. The lowest BCUT2D eigenvalue weighted by atomic mass is 10.0. The molecule has 26 heavy (non-hydrogen) atoms. The number of carbonyl (C=O) groups is 1. The van der Waals surface area contributed by atoms with E-state index in [2.05, 4.69) is 20.6 Å². The fourth-order valence-electron chi connectivity index (χ4n) is 3.59. The number of pyridine rings is 1. The number of hydrogen-bond donors (Lipinski definition) is 3. The van der Waals surface area contributed by atoms with Crippen LogP contribution in [0.1, 0.15) is 54.6 Å². The quantitative estimate of drug-likeness (QED) is 0.737. The second-order valence-electron chi connectivity index (χ2n) is 7.09. The van der Waals surface area contributed by atoms with Gasteiger partial charge >= 0.3 is 5.69 Å². The van der Waals surface area contributed by atoms with Crippen LogP contribution >= 0.6 is 0 Å². The smallest absolute Gasteiger partial charge is 0.329 e. The van der Waals surface area contributed by atoms with Crippen molar-refractivity contribution in [1.82, 2.24) is 25.2 Å². The standard InChI is InChI=1S/C18H23N5O3/c1-2-23-15-14(17(25)22-18(23)26)12(8-13(21-15)10-5-6-10)16(24)20-11-4-3-7-19-9-11/h8,10-11,19H,2-7,9H2,1H3,(H,20,24)(H,22,25,26)/t11-/m0/s1. The third-order valence-electron chi connectivity index (χ3n) is 5.16. The van der Waals surface area contributed by atoms with E-state index in [-0.39, 0.29) is 17.3 Å². The summed E-state index contributed by atoms with van der Waals surface area (Å²) in [4.78, 5) is 44.5. The van der Waals surface area contributed by atoms with E-state index in [1.807, 2.05) is 6.92 Å². The van der Waals surface area contributed by atoms with Crippen LogP contribution in [0.25, 0.3) is 11.0 Å². The van der Waals surface area contributed by atoms with Crippen LogP contribution in [0.4, 0.5) is 0 Å². The van der Waals surface area contributed by atoms with Crippen LogP contribution in [0.5, 0.6) is 0 Å². The SMILES string of the molecule is CCn1c(=O)[nH]c(=O)c2c(C(=O)N[C@H]3CCCNC3)cc(C3CC3)nc21. The second kappa shape index (κ2) is 6.68. The number of carbonyl (C=O) groups excluding carboxylic acids is 1. The van der Waals surface area contributed by atoms with E-state index in [1.165, 1.54) is 4.57 Å². The molecule has 1 aliphatic heterocycles. The summed E-state index contributed by atoms with van der Waals surface area (Å²) < 4.78 is 1.42. The predicted molar refractivity (Wildman–Crippen MR) is 97.6 cm³/mol. The van der Waals surface area contributed by atoms with Gasteiger partial charge in [0, 0.05) is 30.7 Å². The minimum absolute atomic E-state index is 0.0417. The fourth-order valence-corrected chi connectivity index (χ4v) is 3.59. The Labute approximate surface area is 150 Å². The maximum absolute atomic E-state index is 13.0. The van der Waals surface area contributed by atoms with Crippen LogP contribution < -0.4 is 21.9 Å². The van der Waals surface area contributed by atoms with E-state index in [0.717, 1.165) is 44.5 Å². The Bertz CT molecular complexity index is 967. The van der Waals surface area contributed by atoms with E-state index in [1.54, 1.807) is 6.07 Å². The Morgan fingerprint density at radius 2 is 2.15 bits per heavy atom. The van der Waals surface area contributed by atoms with Crippen LogP contribution in [-0.4, -0.2) is 39.6 Å². The lowest BCUT2D eigenvalue weighted by Gasteiger charge is -2.24. The molecule has 0 bridgehead atoms. The van der Waals surface area contributed by atoms with Crippen LogP contribution in [-0.2, 0) is 6.54 Å². The molecule has 1 aliphatic carbocycles. The summed E-state index contributed by atoms with van der Waals surface area (Å²) in [7, 11) is 0. The maximum atomic E-state index is 13.0. The van der Waals surface area contributed by atoms with Crippen molar-refractivity contribution in [3.05, 3.63) is 38.2 Å². The molecule has 1 atom stereocenters. The fraction of sp³-hybridized carbons (Fsp3) is 0.556. The summed E-state index contributed by atoms with van der Waals surface area (Å²) in [5, 5.41) is 6.48. The molecule has 3 N–H and O–H groups in total. The molecule has 4 rings (SSSR count). The summed E-state index contributed by atoms with van der Waals surface area (Å²) in [6.45, 7) is 3.87. The zero-order chi connectivity index (χ0) is 18.3. The van der Waals surface area contributed by atoms with Crippen molar-refractivity contribution in [3.63, 3.8) is 0 Å². The molecule has 8 nitrogen and oxygen atoms in total. The number of fused-ring (bicyclic) bond motifs is 1. The molecule has 2 aromatic rings. The number of rotatable bonds is 4. The maximum Gasteiger partial charge on any atom is 0.329 e. The van der Waals surface area contributed by atoms with Gasteiger partial charge < -0.3 is 10.6 Å². The largest absolute Gasteiger partial charge is 0.348 e. The molecular formula is C18H23N5O3. The lowest BCUT2D eigenvalue weighted by Crippen LogP contribution is -2.46. The monoisotopic (exact) mass is 357 g/mol. The number of piperidine rings is 1. The molecule has 1 saturated carbocycles. The zero-order valence-corrected chi connectivity index (χ0v) is 14.8. The molecule has 2 aromatic heterocycles. The van der Waals surface area contributed by atoms with Gasteiger partial charge in [0.1, 0.15) is 0 Å². The van der Waals surface area contributed by atoms with Gasteiger partial charge in [-0.1, -0.05) is 0 Å². The molecule has 0 unspecified atom stereocenters. The Morgan fingerprint density at radius 1 is 1.35 bits per heavy atom. The van der Waals surface area contributed by atoms with Gasteiger partial charge in [-0.05, 0) is 45.2 Å². The van der Waals surface area contributed by atoms with Gasteiger partial charge in [-0.25, -0.2) is 9.78 Å². The highest BCUT2D eigenvalue weighted by atomic mass is 16.2. The van der Waals surface area contributed by atoms with Crippen molar-refractivity contribution in [2.75, 3.05) is 13.1 Å². The number of H-pyrrole nitrogens is 1. The van der Waals surface area contributed by atoms with Gasteiger partial charge in [-0.2, -0.15) is 0 Å². The number of aryl methyl sites for hydroxylation is 1. The molecule has 0 spiro atoms. The number of nitrogens with one attached hydrogen (secondary N) is 3. The Hall–Kier alpha value is -2.48. The summed E-state index contributed by atoms with van der Waals surface area (Å²) in [5.74, 6) is 0.0294. The highest BCUT2D eigenvalue weighted by Crippen LogP contribution is 2.39. The average molecular weight is 357 g/mol. The molecular weight excluding hydrogens is 334 g/mol. The highest BCUT2D eigenvalue weighted by Gasteiger charge is 2.29. The Kier molecular flexibility index (Phi) is 4.36. The first-order chi connectivity index (χ1) is 12.6. The number of nitrogens with zero attached hydrogens (tertiary/aromatic N) is 2. The van der Waals surface area contributed by atoms with Crippen LogP contribution in [0.2, 0.25) is 0 Å². The van der Waals surface area contributed by atoms with Crippen LogP contribution in [0, 0.1) is 0 Å². The van der Waals surface area contributed by atoms with Gasteiger partial charge in [0.15, 0.2) is 5.65 Å². The molecule has 138 valence electrons. The lowest BCUT2D eigenvalue weighted by molar-refractivity contribution is 0.0932. The molecule has 2 fully saturated rings. The Balaban J connectivity index is 1.85. The van der Waals surface area contributed by atoms with Crippen molar-refractivity contribution in [2.24, 2.45) is 0 Å². The number of aromatic amines is 1.